The Morgan fingerprint density at radius 1 is 0.903 bits per heavy atom. The van der Waals surface area contributed by atoms with E-state index in [2.05, 4.69) is 55.2 Å². The predicted octanol–water partition coefficient (Wildman–Crippen LogP) is 4.74. The summed E-state index contributed by atoms with van der Waals surface area (Å²) in [6, 6.07) is 11.6. The molecule has 5 nitrogen and oxygen atoms in total. The molecular formula is C24H19Cl2N5. The quantitative estimate of drug-likeness (QED) is 0.435. The van der Waals surface area contributed by atoms with Gasteiger partial charge in [-0.3, -0.25) is 0 Å². The number of benzene rings is 1. The van der Waals surface area contributed by atoms with Gasteiger partial charge in [-0.2, -0.15) is 0 Å². The number of pyridine rings is 2. The molecule has 0 radical (unpaired) electrons. The Hall–Kier alpha value is -3.04. The average Bonchev–Trinajstić information content (AvgIpc) is 3.22. The second kappa shape index (κ2) is 8.60. The first-order chi connectivity index (χ1) is 15.2. The van der Waals surface area contributed by atoms with Gasteiger partial charge in [0.25, 0.3) is 0 Å². The van der Waals surface area contributed by atoms with Crippen molar-refractivity contribution < 1.29 is 0 Å². The van der Waals surface area contributed by atoms with E-state index >= 15 is 0 Å². The summed E-state index contributed by atoms with van der Waals surface area (Å²) < 4.78 is 0. The van der Waals surface area contributed by atoms with Gasteiger partial charge in [-0.05, 0) is 30.3 Å². The average molecular weight is 448 g/mol. The van der Waals surface area contributed by atoms with E-state index in [9.17, 15) is 0 Å². The fraction of sp³-hybridized carbons (Fsp3) is 0.167. The molecule has 0 saturated carbocycles. The number of aromatic amines is 1. The van der Waals surface area contributed by atoms with Crippen molar-refractivity contribution in [2.45, 2.75) is 0 Å². The first-order valence-corrected chi connectivity index (χ1v) is 10.8. The van der Waals surface area contributed by atoms with Crippen LogP contribution in [0.25, 0.3) is 22.2 Å². The van der Waals surface area contributed by atoms with Crippen LogP contribution in [0.2, 0.25) is 10.0 Å². The lowest BCUT2D eigenvalue weighted by Crippen LogP contribution is -2.43. The maximum Gasteiger partial charge on any atom is 0.138 e. The Bertz CT molecular complexity index is 1280. The summed E-state index contributed by atoms with van der Waals surface area (Å²) in [5, 5.41) is 5.38. The van der Waals surface area contributed by atoms with Crippen LogP contribution in [0, 0.1) is 11.8 Å². The second-order valence-electron chi connectivity index (χ2n) is 7.31. The fourth-order valence-electron chi connectivity index (χ4n) is 3.65. The minimum atomic E-state index is 0.536. The molecule has 0 aliphatic carbocycles. The molecule has 154 valence electrons. The molecule has 1 fully saturated rings. The first kappa shape index (κ1) is 19.9. The fourth-order valence-corrected chi connectivity index (χ4v) is 4.14. The Balaban J connectivity index is 1.46. The topological polar surface area (TPSA) is 56.8 Å². The number of hydrogen-bond donors (Lipinski definition) is 2. The Morgan fingerprint density at radius 3 is 2.42 bits per heavy atom. The van der Waals surface area contributed by atoms with E-state index < -0.39 is 0 Å². The predicted molar refractivity (Wildman–Crippen MR) is 127 cm³/mol. The van der Waals surface area contributed by atoms with E-state index in [-0.39, 0.29) is 0 Å². The van der Waals surface area contributed by atoms with Gasteiger partial charge in [0.1, 0.15) is 11.5 Å². The zero-order valence-electron chi connectivity index (χ0n) is 16.6. The molecule has 1 aromatic carbocycles. The third kappa shape index (κ3) is 4.11. The van der Waals surface area contributed by atoms with Gasteiger partial charge in [-0.15, -0.1) is 0 Å². The Morgan fingerprint density at radius 2 is 1.68 bits per heavy atom. The maximum absolute atomic E-state index is 6.24. The van der Waals surface area contributed by atoms with E-state index in [0.717, 1.165) is 59.7 Å². The van der Waals surface area contributed by atoms with Crippen molar-refractivity contribution >= 4 is 40.1 Å². The van der Waals surface area contributed by atoms with Crippen molar-refractivity contribution in [1.82, 2.24) is 20.3 Å². The van der Waals surface area contributed by atoms with Crippen molar-refractivity contribution in [3.63, 3.8) is 0 Å². The molecule has 0 bridgehead atoms. The van der Waals surface area contributed by atoms with Crippen LogP contribution in [0.5, 0.6) is 0 Å². The van der Waals surface area contributed by atoms with Crippen LogP contribution in [-0.4, -0.2) is 41.1 Å². The van der Waals surface area contributed by atoms with Gasteiger partial charge >= 0.3 is 0 Å². The van der Waals surface area contributed by atoms with Crippen LogP contribution in [0.3, 0.4) is 0 Å². The lowest BCUT2D eigenvalue weighted by molar-refractivity contribution is 0.585. The molecule has 1 aliphatic rings. The van der Waals surface area contributed by atoms with Gasteiger partial charge < -0.3 is 15.2 Å². The molecule has 0 unspecified atom stereocenters. The van der Waals surface area contributed by atoms with Gasteiger partial charge in [0, 0.05) is 61.3 Å². The summed E-state index contributed by atoms with van der Waals surface area (Å²) >= 11 is 12.5. The summed E-state index contributed by atoms with van der Waals surface area (Å²) in [5.41, 5.74) is 4.25. The third-order valence-electron chi connectivity index (χ3n) is 5.34. The Labute approximate surface area is 190 Å². The number of nitrogens with zero attached hydrogens (tertiary/aromatic N) is 3. The normalized spacial score (nSPS) is 13.8. The number of nitrogens with one attached hydrogen (secondary N) is 2. The molecule has 0 atom stereocenters. The zero-order chi connectivity index (χ0) is 21.2. The molecular weight excluding hydrogens is 429 g/mol. The van der Waals surface area contributed by atoms with Crippen molar-refractivity contribution in [3.05, 3.63) is 76.2 Å². The van der Waals surface area contributed by atoms with Crippen LogP contribution in [0.15, 0.2) is 55.0 Å². The van der Waals surface area contributed by atoms with E-state index in [1.54, 1.807) is 18.2 Å². The van der Waals surface area contributed by atoms with E-state index in [4.69, 9.17) is 23.2 Å². The van der Waals surface area contributed by atoms with Crippen molar-refractivity contribution in [2.75, 3.05) is 31.1 Å². The molecule has 4 heterocycles. The molecule has 2 N–H and O–H groups in total. The van der Waals surface area contributed by atoms with E-state index in [1.807, 2.05) is 18.6 Å². The summed E-state index contributed by atoms with van der Waals surface area (Å²) in [6.07, 6.45) is 5.61. The Kier molecular flexibility index (Phi) is 5.52. The monoisotopic (exact) mass is 447 g/mol. The van der Waals surface area contributed by atoms with Crippen LogP contribution >= 0.6 is 23.2 Å². The van der Waals surface area contributed by atoms with Crippen molar-refractivity contribution in [1.29, 1.82) is 0 Å². The molecule has 5 rings (SSSR count). The van der Waals surface area contributed by atoms with Crippen LogP contribution in [-0.2, 0) is 0 Å². The molecule has 7 heteroatoms. The molecule has 31 heavy (non-hydrogen) atoms. The van der Waals surface area contributed by atoms with Crippen LogP contribution < -0.4 is 10.2 Å². The van der Waals surface area contributed by atoms with E-state index in [0.29, 0.717) is 15.6 Å². The SMILES string of the molecule is Clc1cccc(Cl)c1C#Cc1c[nH]c2ncc(-c3ccc(N4CCNCC4)nc3)cc12. The number of H-pyrrole nitrogens is 1. The van der Waals surface area contributed by atoms with Crippen molar-refractivity contribution in [3.8, 4) is 23.0 Å². The standard InChI is InChI=1S/C24H19Cl2N5/c25-21-2-1-3-22(26)19(21)6-4-17-14-29-24-20(17)12-18(15-30-24)16-5-7-23(28-13-16)31-10-8-27-9-11-31/h1-3,5,7,12-15,27H,8-11H2,(H,29,30). The highest BCUT2D eigenvalue weighted by molar-refractivity contribution is 6.36. The highest BCUT2D eigenvalue weighted by Gasteiger charge is 2.12. The smallest absolute Gasteiger partial charge is 0.138 e. The summed E-state index contributed by atoms with van der Waals surface area (Å²) in [6.45, 7) is 3.92. The number of anilines is 1. The molecule has 1 aliphatic heterocycles. The number of rotatable bonds is 2. The van der Waals surface area contributed by atoms with Crippen LogP contribution in [0.4, 0.5) is 5.82 Å². The minimum absolute atomic E-state index is 0.536. The van der Waals surface area contributed by atoms with Crippen LogP contribution in [0.1, 0.15) is 11.1 Å². The van der Waals surface area contributed by atoms with E-state index in [1.165, 1.54) is 0 Å². The maximum atomic E-state index is 6.24. The third-order valence-corrected chi connectivity index (χ3v) is 5.97. The highest BCUT2D eigenvalue weighted by Crippen LogP contribution is 2.26. The number of aromatic nitrogens is 3. The second-order valence-corrected chi connectivity index (χ2v) is 8.13. The number of halogens is 2. The van der Waals surface area contributed by atoms with Gasteiger partial charge in [-0.25, -0.2) is 9.97 Å². The molecule has 1 saturated heterocycles. The summed E-state index contributed by atoms with van der Waals surface area (Å²) in [7, 11) is 0. The van der Waals surface area contributed by atoms with Gasteiger partial charge in [-0.1, -0.05) is 41.1 Å². The van der Waals surface area contributed by atoms with Gasteiger partial charge in [0.05, 0.1) is 21.2 Å². The summed E-state index contributed by atoms with van der Waals surface area (Å²) in [4.78, 5) is 14.7. The minimum Gasteiger partial charge on any atom is -0.354 e. The highest BCUT2D eigenvalue weighted by atomic mass is 35.5. The molecule has 0 amide bonds. The number of piperazine rings is 1. The van der Waals surface area contributed by atoms with Gasteiger partial charge in [0.15, 0.2) is 0 Å². The molecule has 4 aromatic rings. The first-order valence-electron chi connectivity index (χ1n) is 10.0. The van der Waals surface area contributed by atoms with Gasteiger partial charge in [0.2, 0.25) is 0 Å². The zero-order valence-corrected chi connectivity index (χ0v) is 18.1. The summed E-state index contributed by atoms with van der Waals surface area (Å²) in [5.74, 6) is 7.28. The molecule has 0 spiro atoms. The number of hydrogen-bond acceptors (Lipinski definition) is 4. The largest absolute Gasteiger partial charge is 0.354 e. The lowest BCUT2D eigenvalue weighted by Gasteiger charge is -2.28. The molecule has 3 aromatic heterocycles. The lowest BCUT2D eigenvalue weighted by atomic mass is 10.1. The number of fused-ring (bicyclic) bond motifs is 1. The van der Waals surface area contributed by atoms with Crippen molar-refractivity contribution in [2.24, 2.45) is 0 Å².